The van der Waals surface area contributed by atoms with Crippen LogP contribution in [0.4, 0.5) is 11.4 Å². The Morgan fingerprint density at radius 1 is 0.533 bits per heavy atom. The average molecular weight is 607 g/mol. The molecule has 6 rings (SSSR count). The van der Waals surface area contributed by atoms with Gasteiger partial charge < -0.3 is 9.47 Å². The van der Waals surface area contributed by atoms with E-state index < -0.39 is 9.85 Å². The molecule has 2 saturated carbocycles. The maximum atomic E-state index is 11.0. The van der Waals surface area contributed by atoms with Crippen LogP contribution in [0.5, 0.6) is 23.0 Å². The lowest BCUT2D eigenvalue weighted by Crippen LogP contribution is -2.35. The van der Waals surface area contributed by atoms with Crippen LogP contribution < -0.4 is 9.47 Å². The van der Waals surface area contributed by atoms with Crippen molar-refractivity contribution in [3.8, 4) is 23.0 Å². The van der Waals surface area contributed by atoms with E-state index in [-0.39, 0.29) is 16.8 Å². The molecule has 232 valence electrons. The molecule has 4 aromatic carbocycles. The molecule has 45 heavy (non-hydrogen) atoms. The van der Waals surface area contributed by atoms with Crippen molar-refractivity contribution in [1.29, 1.82) is 0 Å². The predicted molar refractivity (Wildman–Crippen MR) is 173 cm³/mol. The third kappa shape index (κ3) is 6.85. The quantitative estimate of drug-likeness (QED) is 0.139. The molecule has 0 amide bonds. The van der Waals surface area contributed by atoms with Crippen LogP contribution in [0.1, 0.15) is 69.4 Å². The Morgan fingerprint density at radius 3 is 1.22 bits per heavy atom. The molecule has 0 saturated heterocycles. The van der Waals surface area contributed by atoms with Crippen molar-refractivity contribution in [2.45, 2.75) is 63.7 Å². The monoisotopic (exact) mass is 606 g/mol. The second-order valence-electron chi connectivity index (χ2n) is 12.7. The van der Waals surface area contributed by atoms with Crippen LogP contribution in [0.3, 0.4) is 0 Å². The number of rotatable bonds is 9. The summed E-state index contributed by atoms with van der Waals surface area (Å²) in [6, 6.07) is 28.8. The first-order chi connectivity index (χ1) is 21.8. The molecule has 0 heterocycles. The van der Waals surface area contributed by atoms with Crippen LogP contribution in [0.15, 0.2) is 97.1 Å². The highest BCUT2D eigenvalue weighted by Crippen LogP contribution is 2.50. The van der Waals surface area contributed by atoms with Crippen LogP contribution in [0.25, 0.3) is 0 Å². The second kappa shape index (κ2) is 13.1. The van der Waals surface area contributed by atoms with Gasteiger partial charge in [0.1, 0.15) is 23.0 Å². The Morgan fingerprint density at radius 2 is 0.867 bits per heavy atom. The fourth-order valence-electron chi connectivity index (χ4n) is 7.33. The number of hydrogen-bond donors (Lipinski definition) is 0. The van der Waals surface area contributed by atoms with E-state index in [0.29, 0.717) is 23.0 Å². The topological polar surface area (TPSA) is 105 Å². The summed E-state index contributed by atoms with van der Waals surface area (Å²) in [5.41, 5.74) is 2.41. The molecule has 8 heteroatoms. The highest BCUT2D eigenvalue weighted by molar-refractivity contribution is 5.46. The Balaban J connectivity index is 1.22. The van der Waals surface area contributed by atoms with Crippen LogP contribution in [0.2, 0.25) is 0 Å². The number of ether oxygens (including phenoxy) is 2. The minimum atomic E-state index is -0.421. The van der Waals surface area contributed by atoms with Crippen LogP contribution in [0, 0.1) is 38.0 Å². The zero-order valence-corrected chi connectivity index (χ0v) is 25.5. The second-order valence-corrected chi connectivity index (χ2v) is 12.7. The number of nitrogens with zero attached hydrogens (tertiary/aromatic N) is 2. The van der Waals surface area contributed by atoms with Gasteiger partial charge >= 0.3 is 0 Å². The number of non-ortho nitro benzene ring substituents is 2. The Hall–Kier alpha value is -4.72. The van der Waals surface area contributed by atoms with Gasteiger partial charge in [0.2, 0.25) is 0 Å². The summed E-state index contributed by atoms with van der Waals surface area (Å²) in [5, 5.41) is 22.0. The van der Waals surface area contributed by atoms with Gasteiger partial charge in [-0.15, -0.1) is 0 Å². The van der Waals surface area contributed by atoms with Gasteiger partial charge in [-0.2, -0.15) is 0 Å². The van der Waals surface area contributed by atoms with Gasteiger partial charge in [-0.1, -0.05) is 44.0 Å². The van der Waals surface area contributed by atoms with Gasteiger partial charge in [0.15, 0.2) is 0 Å². The maximum absolute atomic E-state index is 11.0. The van der Waals surface area contributed by atoms with Crippen molar-refractivity contribution in [1.82, 2.24) is 0 Å². The van der Waals surface area contributed by atoms with E-state index >= 15 is 0 Å². The fourth-order valence-corrected chi connectivity index (χ4v) is 7.33. The molecule has 4 aromatic rings. The highest BCUT2D eigenvalue weighted by Gasteiger charge is 2.40. The van der Waals surface area contributed by atoms with E-state index in [1.54, 1.807) is 24.3 Å². The van der Waals surface area contributed by atoms with E-state index in [1.807, 2.05) is 24.3 Å². The summed E-state index contributed by atoms with van der Waals surface area (Å²) in [6.07, 6.45) is 9.91. The fraction of sp³-hybridized carbons (Fsp3) is 0.351. The lowest BCUT2D eigenvalue weighted by atomic mass is 9.60. The SMILES string of the molecule is CC1CCC(C2CCC(c3ccc(Oc4ccc([N+](=O)[O-])cc4)cc3)(c3ccc(Oc4ccc([N+](=O)[O-])cc4)cc3)CC2)CC1. The molecule has 0 atom stereocenters. The largest absolute Gasteiger partial charge is 0.457 e. The smallest absolute Gasteiger partial charge is 0.269 e. The van der Waals surface area contributed by atoms with Crippen molar-refractivity contribution < 1.29 is 19.3 Å². The zero-order chi connectivity index (χ0) is 31.4. The van der Waals surface area contributed by atoms with Crippen molar-refractivity contribution >= 4 is 11.4 Å². The molecule has 2 aliphatic carbocycles. The summed E-state index contributed by atoms with van der Waals surface area (Å²) in [5.74, 6) is 4.90. The first kappa shape index (κ1) is 30.3. The molecule has 0 radical (unpaired) electrons. The van der Waals surface area contributed by atoms with Crippen LogP contribution in [-0.4, -0.2) is 9.85 Å². The molecule has 0 unspecified atom stereocenters. The Kier molecular flexibility index (Phi) is 8.83. The van der Waals surface area contributed by atoms with Gasteiger partial charge in [0.05, 0.1) is 9.85 Å². The van der Waals surface area contributed by atoms with Gasteiger partial charge in [-0.25, -0.2) is 0 Å². The minimum Gasteiger partial charge on any atom is -0.457 e. The summed E-state index contributed by atoms with van der Waals surface area (Å²) in [4.78, 5) is 21.2. The van der Waals surface area contributed by atoms with E-state index in [2.05, 4.69) is 31.2 Å². The number of hydrogen-bond acceptors (Lipinski definition) is 6. The zero-order valence-electron chi connectivity index (χ0n) is 25.5. The third-order valence-electron chi connectivity index (χ3n) is 9.99. The van der Waals surface area contributed by atoms with Gasteiger partial charge in [-0.05, 0) is 116 Å². The molecule has 2 aliphatic rings. The van der Waals surface area contributed by atoms with E-state index in [4.69, 9.17) is 9.47 Å². The van der Waals surface area contributed by atoms with Gasteiger partial charge in [-0.3, -0.25) is 20.2 Å². The summed E-state index contributed by atoms with van der Waals surface area (Å²) in [6.45, 7) is 2.38. The third-order valence-corrected chi connectivity index (χ3v) is 9.99. The number of benzene rings is 4. The summed E-state index contributed by atoms with van der Waals surface area (Å²) in [7, 11) is 0. The summed E-state index contributed by atoms with van der Waals surface area (Å²) >= 11 is 0. The molecule has 0 aliphatic heterocycles. The molecular weight excluding hydrogens is 568 g/mol. The predicted octanol–water partition coefficient (Wildman–Crippen LogP) is 10.4. The number of nitro benzene ring substituents is 2. The van der Waals surface area contributed by atoms with Crippen molar-refractivity contribution in [2.75, 3.05) is 0 Å². The van der Waals surface area contributed by atoms with Crippen molar-refractivity contribution in [3.63, 3.8) is 0 Å². The Labute approximate surface area is 263 Å². The average Bonchev–Trinajstić information content (AvgIpc) is 3.06. The highest BCUT2D eigenvalue weighted by atomic mass is 16.6. The van der Waals surface area contributed by atoms with Crippen LogP contribution in [-0.2, 0) is 5.41 Å². The Bertz CT molecular complexity index is 1500. The van der Waals surface area contributed by atoms with Crippen molar-refractivity contribution in [2.24, 2.45) is 17.8 Å². The van der Waals surface area contributed by atoms with E-state index in [0.717, 1.165) is 30.6 Å². The standard InChI is InChI=1S/C37H38N2O6/c1-26-2-4-27(5-3-26)28-22-24-37(25-23-28,29-6-14-33(15-7-29)44-35-18-10-31(11-19-35)38(40)41)30-8-16-34(17-9-30)45-36-20-12-32(13-21-36)39(42)43/h6-21,26-28H,2-5,22-25H2,1H3. The molecule has 0 bridgehead atoms. The molecule has 0 aromatic heterocycles. The lowest BCUT2D eigenvalue weighted by molar-refractivity contribution is -0.385. The maximum Gasteiger partial charge on any atom is 0.269 e. The lowest BCUT2D eigenvalue weighted by Gasteiger charge is -2.44. The van der Waals surface area contributed by atoms with E-state index in [9.17, 15) is 20.2 Å². The molecular formula is C37H38N2O6. The summed E-state index contributed by atoms with van der Waals surface area (Å²) < 4.78 is 12.0. The molecule has 8 nitrogen and oxygen atoms in total. The van der Waals surface area contributed by atoms with E-state index in [1.165, 1.54) is 73.9 Å². The van der Waals surface area contributed by atoms with Gasteiger partial charge in [0.25, 0.3) is 11.4 Å². The minimum absolute atomic E-state index is 0.0298. The van der Waals surface area contributed by atoms with Gasteiger partial charge in [0, 0.05) is 29.7 Å². The normalized spacial score (nSPS) is 19.8. The number of nitro groups is 2. The first-order valence-corrected chi connectivity index (χ1v) is 15.8. The molecule has 0 N–H and O–H groups in total. The molecule has 2 fully saturated rings. The molecule has 0 spiro atoms. The first-order valence-electron chi connectivity index (χ1n) is 15.8. The van der Waals surface area contributed by atoms with Crippen LogP contribution >= 0.6 is 0 Å². The van der Waals surface area contributed by atoms with Crippen molar-refractivity contribution in [3.05, 3.63) is 128 Å².